The molecule has 1 aromatic heterocycles. The number of anilines is 1. The summed E-state index contributed by atoms with van der Waals surface area (Å²) in [5.74, 6) is 3.95. The first-order chi connectivity index (χ1) is 16.5. The Bertz CT molecular complexity index is 1090. The molecule has 0 radical (unpaired) electrons. The number of methoxy groups -OCH3 is 2. The molecular formula is C27H34N4O3. The van der Waals surface area contributed by atoms with Crippen LogP contribution in [0.25, 0.3) is 0 Å². The van der Waals surface area contributed by atoms with E-state index < -0.39 is 0 Å². The van der Waals surface area contributed by atoms with Gasteiger partial charge in [-0.25, -0.2) is 9.97 Å². The van der Waals surface area contributed by atoms with E-state index in [-0.39, 0.29) is 11.5 Å². The van der Waals surface area contributed by atoms with Crippen molar-refractivity contribution in [3.05, 3.63) is 53.0 Å². The summed E-state index contributed by atoms with van der Waals surface area (Å²) in [5, 5.41) is 14.6. The molecule has 1 aromatic carbocycles. The molecule has 2 bridgehead atoms. The van der Waals surface area contributed by atoms with E-state index >= 15 is 0 Å². The van der Waals surface area contributed by atoms with Gasteiger partial charge < -0.3 is 19.9 Å². The number of benzene rings is 1. The third kappa shape index (κ3) is 4.05. The van der Waals surface area contributed by atoms with Crippen molar-refractivity contribution in [3.8, 4) is 11.5 Å². The van der Waals surface area contributed by atoms with Crippen LogP contribution in [-0.2, 0) is 19.5 Å². The molecule has 2 heterocycles. The standard InChI is InChI=1S/C27H34N4O3/c1-33-21-6-17(7-22(9-21)34-2)14-31-4-3-23-24(15-31)29-16-30-26(23)28-13-25(32)27-10-18(11-27)5-19-8-20(19)12-27/h6-9,16,18,20,25,32H,3-5,10-15H2,1-2H3,(H,28,29,30). The van der Waals surface area contributed by atoms with Crippen LogP contribution in [-0.4, -0.2) is 53.4 Å². The van der Waals surface area contributed by atoms with Gasteiger partial charge in [0.05, 0.1) is 26.0 Å². The predicted molar refractivity (Wildman–Crippen MR) is 130 cm³/mol. The van der Waals surface area contributed by atoms with Crippen molar-refractivity contribution in [2.75, 3.05) is 32.6 Å². The van der Waals surface area contributed by atoms with Gasteiger partial charge in [0.1, 0.15) is 23.6 Å². The van der Waals surface area contributed by atoms with Crippen molar-refractivity contribution in [2.45, 2.75) is 51.3 Å². The van der Waals surface area contributed by atoms with Gasteiger partial charge in [-0.3, -0.25) is 4.90 Å². The summed E-state index contributed by atoms with van der Waals surface area (Å²) in [6.07, 6.45) is 9.37. The Balaban J connectivity index is 1.10. The summed E-state index contributed by atoms with van der Waals surface area (Å²) in [7, 11) is 3.35. The molecule has 34 heavy (non-hydrogen) atoms. The lowest BCUT2D eigenvalue weighted by Gasteiger charge is -2.50. The Hall–Kier alpha value is -2.64. The molecule has 7 nitrogen and oxygen atoms in total. The fraction of sp³-hybridized carbons (Fsp3) is 0.556. The van der Waals surface area contributed by atoms with E-state index in [1.807, 2.05) is 6.07 Å². The van der Waals surface area contributed by atoms with E-state index in [4.69, 9.17) is 9.47 Å². The predicted octanol–water partition coefficient (Wildman–Crippen LogP) is 3.57. The minimum atomic E-state index is -0.328. The molecular weight excluding hydrogens is 428 g/mol. The molecule has 2 atom stereocenters. The Morgan fingerprint density at radius 1 is 1.15 bits per heavy atom. The van der Waals surface area contributed by atoms with E-state index in [1.54, 1.807) is 26.1 Å². The molecule has 2 unspecified atom stereocenters. The molecule has 3 saturated carbocycles. The number of nitrogens with zero attached hydrogens (tertiary/aromatic N) is 3. The molecule has 180 valence electrons. The SMILES string of the molecule is COc1cc(CN2CCc3c(ncnc3NCC(O)C34CC(CC5=CC5C3)C4)C2)cc(OC)c1. The number of aromatic nitrogens is 2. The average Bonchev–Trinajstić information content (AvgIpc) is 3.60. The monoisotopic (exact) mass is 462 g/mol. The van der Waals surface area contributed by atoms with Crippen molar-refractivity contribution >= 4 is 5.82 Å². The number of nitrogens with one attached hydrogen (secondary N) is 1. The molecule has 7 rings (SSSR count). The summed E-state index contributed by atoms with van der Waals surface area (Å²) in [4.78, 5) is 11.5. The minimum absolute atomic E-state index is 0.0960. The highest BCUT2D eigenvalue weighted by atomic mass is 16.5. The highest BCUT2D eigenvalue weighted by Gasteiger charge is 2.54. The zero-order valence-corrected chi connectivity index (χ0v) is 20.1. The summed E-state index contributed by atoms with van der Waals surface area (Å²) in [6, 6.07) is 6.02. The summed E-state index contributed by atoms with van der Waals surface area (Å²) < 4.78 is 10.8. The van der Waals surface area contributed by atoms with Gasteiger partial charge in [0.15, 0.2) is 0 Å². The molecule has 4 aliphatic carbocycles. The molecule has 2 aromatic rings. The van der Waals surface area contributed by atoms with Gasteiger partial charge in [-0.2, -0.15) is 0 Å². The smallest absolute Gasteiger partial charge is 0.133 e. The maximum Gasteiger partial charge on any atom is 0.133 e. The van der Waals surface area contributed by atoms with Crippen LogP contribution in [0.3, 0.4) is 0 Å². The Morgan fingerprint density at radius 2 is 1.94 bits per heavy atom. The van der Waals surface area contributed by atoms with E-state index in [2.05, 4.69) is 38.4 Å². The number of hydrogen-bond donors (Lipinski definition) is 2. The van der Waals surface area contributed by atoms with Crippen LogP contribution in [0, 0.1) is 17.3 Å². The third-order valence-corrected chi connectivity index (χ3v) is 8.40. The topological polar surface area (TPSA) is 79.7 Å². The van der Waals surface area contributed by atoms with Crippen LogP contribution < -0.4 is 14.8 Å². The highest BCUT2D eigenvalue weighted by molar-refractivity contribution is 5.47. The lowest BCUT2D eigenvalue weighted by atomic mass is 9.57. The number of hydrogen-bond acceptors (Lipinski definition) is 7. The second-order valence-corrected chi connectivity index (χ2v) is 10.6. The van der Waals surface area contributed by atoms with Crippen LogP contribution in [0.15, 0.2) is 36.2 Å². The van der Waals surface area contributed by atoms with E-state index in [9.17, 15) is 5.11 Å². The molecule has 0 saturated heterocycles. The third-order valence-electron chi connectivity index (χ3n) is 8.40. The number of aliphatic hydroxyl groups is 1. The second kappa shape index (κ2) is 8.54. The van der Waals surface area contributed by atoms with Crippen molar-refractivity contribution in [3.63, 3.8) is 0 Å². The first-order valence-electron chi connectivity index (χ1n) is 12.4. The minimum Gasteiger partial charge on any atom is -0.497 e. The van der Waals surface area contributed by atoms with Crippen molar-refractivity contribution < 1.29 is 14.6 Å². The highest BCUT2D eigenvalue weighted by Crippen LogP contribution is 2.62. The van der Waals surface area contributed by atoms with E-state index in [1.165, 1.54) is 24.8 Å². The van der Waals surface area contributed by atoms with Crippen molar-refractivity contribution in [1.82, 2.24) is 14.9 Å². The largest absolute Gasteiger partial charge is 0.497 e. The molecule has 0 amide bonds. The maximum atomic E-state index is 11.1. The first-order valence-corrected chi connectivity index (χ1v) is 12.4. The van der Waals surface area contributed by atoms with Crippen molar-refractivity contribution in [1.29, 1.82) is 0 Å². The molecule has 1 aliphatic heterocycles. The number of rotatable bonds is 8. The van der Waals surface area contributed by atoms with Gasteiger partial charge in [0.2, 0.25) is 0 Å². The quantitative estimate of drug-likeness (QED) is 0.581. The van der Waals surface area contributed by atoms with E-state index in [0.717, 1.165) is 67.0 Å². The summed E-state index contributed by atoms with van der Waals surface area (Å²) >= 11 is 0. The number of fused-ring (bicyclic) bond motifs is 1. The Labute approximate surface area is 201 Å². The molecule has 2 N–H and O–H groups in total. The fourth-order valence-electron chi connectivity index (χ4n) is 6.52. The number of aliphatic hydroxyl groups excluding tert-OH is 1. The molecule has 3 fully saturated rings. The Kier molecular flexibility index (Phi) is 5.49. The van der Waals surface area contributed by atoms with Gasteiger partial charge in [-0.15, -0.1) is 0 Å². The van der Waals surface area contributed by atoms with Gasteiger partial charge in [-0.1, -0.05) is 11.6 Å². The molecule has 5 aliphatic rings. The molecule has 0 spiro atoms. The van der Waals surface area contributed by atoms with Gasteiger partial charge in [0.25, 0.3) is 0 Å². The molecule has 7 heteroatoms. The van der Waals surface area contributed by atoms with Crippen LogP contribution in [0.1, 0.15) is 42.5 Å². The summed E-state index contributed by atoms with van der Waals surface area (Å²) in [6.45, 7) is 3.07. The average molecular weight is 463 g/mol. The fourth-order valence-corrected chi connectivity index (χ4v) is 6.52. The van der Waals surface area contributed by atoms with Gasteiger partial charge in [-0.05, 0) is 67.1 Å². The second-order valence-electron chi connectivity index (χ2n) is 10.6. The lowest BCUT2D eigenvalue weighted by molar-refractivity contribution is -0.0641. The van der Waals surface area contributed by atoms with Gasteiger partial charge in [0, 0.05) is 37.8 Å². The van der Waals surface area contributed by atoms with Crippen LogP contribution >= 0.6 is 0 Å². The van der Waals surface area contributed by atoms with Crippen LogP contribution in [0.5, 0.6) is 11.5 Å². The van der Waals surface area contributed by atoms with Gasteiger partial charge >= 0.3 is 0 Å². The first kappa shape index (κ1) is 21.9. The normalized spacial score (nSPS) is 27.9. The summed E-state index contributed by atoms with van der Waals surface area (Å²) in [5.41, 5.74) is 5.15. The number of ether oxygens (including phenoxy) is 2. The number of allylic oxidation sites excluding steroid dienone is 2. The maximum absolute atomic E-state index is 11.1. The van der Waals surface area contributed by atoms with E-state index in [0.29, 0.717) is 12.5 Å². The Morgan fingerprint density at radius 3 is 2.71 bits per heavy atom. The van der Waals surface area contributed by atoms with Crippen molar-refractivity contribution in [2.24, 2.45) is 17.3 Å². The lowest BCUT2D eigenvalue weighted by Crippen LogP contribution is -2.48. The van der Waals surface area contributed by atoms with Crippen LogP contribution in [0.4, 0.5) is 5.82 Å². The zero-order valence-electron chi connectivity index (χ0n) is 20.1. The van der Waals surface area contributed by atoms with Crippen LogP contribution in [0.2, 0.25) is 0 Å². The zero-order chi connectivity index (χ0) is 23.3.